The number of aliphatic hydroxyl groups excluding tert-OH is 2. The molecule has 0 rings (SSSR count). The van der Waals surface area contributed by atoms with Crippen LogP contribution in [0.2, 0.25) is 0 Å². The Hall–Kier alpha value is -1.81. The van der Waals surface area contributed by atoms with Crippen molar-refractivity contribution in [1.82, 2.24) is 0 Å². The maximum Gasteiger partial charge on any atom is 0.472 e. The number of ether oxygens (including phenoxy) is 2. The molecule has 0 aliphatic carbocycles. The largest absolute Gasteiger partial charge is 0.472 e. The van der Waals surface area contributed by atoms with Gasteiger partial charge in [0.05, 0.1) is 19.8 Å². The summed E-state index contributed by atoms with van der Waals surface area (Å²) in [5.74, 6) is -0.951. The van der Waals surface area contributed by atoms with E-state index in [1.54, 1.807) is 0 Å². The molecule has 3 atom stereocenters. The van der Waals surface area contributed by atoms with Crippen molar-refractivity contribution in [3.63, 3.8) is 0 Å². The number of aliphatic hydroxyl groups is 2. The normalized spacial score (nSPS) is 14.3. The number of phosphoric ester groups is 1. The molecule has 0 amide bonds. The van der Waals surface area contributed by atoms with Crippen LogP contribution in [0.1, 0.15) is 174 Å². The molecule has 0 saturated carbocycles. The highest BCUT2D eigenvalue weighted by atomic mass is 31.2. The second-order valence-corrected chi connectivity index (χ2v) is 15.1. The molecule has 0 radical (unpaired) electrons. The predicted octanol–water partition coefficient (Wildman–Crippen LogP) is 10.4. The molecule has 0 bridgehead atoms. The summed E-state index contributed by atoms with van der Waals surface area (Å²) in [5, 5.41) is 18.3. The minimum Gasteiger partial charge on any atom is -0.462 e. The summed E-state index contributed by atoms with van der Waals surface area (Å²) >= 11 is 0. The van der Waals surface area contributed by atoms with Gasteiger partial charge in [-0.15, -0.1) is 0 Å². The van der Waals surface area contributed by atoms with Gasteiger partial charge in [0, 0.05) is 12.8 Å². The van der Waals surface area contributed by atoms with Crippen molar-refractivity contribution >= 4 is 19.8 Å². The minimum atomic E-state index is -4.62. The molecule has 0 spiro atoms. The first-order valence-corrected chi connectivity index (χ1v) is 21.9. The number of hydrogen-bond donors (Lipinski definition) is 3. The van der Waals surface area contributed by atoms with Gasteiger partial charge in [0.1, 0.15) is 12.7 Å². The van der Waals surface area contributed by atoms with Gasteiger partial charge < -0.3 is 24.6 Å². The molecule has 0 saturated heterocycles. The molecular weight excluding hydrogens is 683 g/mol. The summed E-state index contributed by atoms with van der Waals surface area (Å²) in [6, 6.07) is 0. The van der Waals surface area contributed by atoms with E-state index < -0.39 is 51.8 Å². The summed E-state index contributed by atoms with van der Waals surface area (Å²) in [7, 11) is -4.62. The van der Waals surface area contributed by atoms with Crippen LogP contribution in [0.25, 0.3) is 0 Å². The number of esters is 2. The molecule has 10 nitrogen and oxygen atoms in total. The number of hydrogen-bond acceptors (Lipinski definition) is 9. The fourth-order valence-corrected chi connectivity index (χ4v) is 6.10. The SMILES string of the molecule is CCCCC/C=C/C/C=C/CCCCCCCC(=O)O[C@H](COC(=O)CCCCCCC/C=C/CCCCCCC)COP(=O)(O)OC[C@@H](O)CO. The fraction of sp³-hybridized carbons (Fsp3) is 0.805. The van der Waals surface area contributed by atoms with Gasteiger partial charge in [-0.05, 0) is 70.6 Å². The summed E-state index contributed by atoms with van der Waals surface area (Å²) < 4.78 is 32.6. The molecule has 1 unspecified atom stereocenters. The van der Waals surface area contributed by atoms with E-state index >= 15 is 0 Å². The van der Waals surface area contributed by atoms with Crippen LogP contribution in [0, 0.1) is 0 Å². The first-order valence-electron chi connectivity index (χ1n) is 20.4. The quantitative estimate of drug-likeness (QED) is 0.0240. The third kappa shape index (κ3) is 36.5. The molecule has 11 heteroatoms. The van der Waals surface area contributed by atoms with Gasteiger partial charge >= 0.3 is 19.8 Å². The lowest BCUT2D eigenvalue weighted by atomic mass is 10.1. The Kier molecular flexibility index (Phi) is 36.2. The topological polar surface area (TPSA) is 149 Å². The average Bonchev–Trinajstić information content (AvgIpc) is 3.13. The molecule has 304 valence electrons. The molecule has 0 heterocycles. The standard InChI is InChI=1S/C41H75O10P/c1-3-5-7-9-11-13-15-17-19-21-23-25-27-29-31-33-41(45)51-39(37-50-52(46,47)49-35-38(43)34-42)36-48-40(44)32-30-28-26-24-22-20-18-16-14-12-10-8-6-4-2/h11,13,16-19,38-39,42-43H,3-10,12,14-15,20-37H2,1-2H3,(H,46,47)/b13-11+,18-16+,19-17+/t38-,39+/m0/s1. The molecule has 3 N–H and O–H groups in total. The Labute approximate surface area is 316 Å². The van der Waals surface area contributed by atoms with Gasteiger partial charge in [0.2, 0.25) is 0 Å². The summed E-state index contributed by atoms with van der Waals surface area (Å²) in [4.78, 5) is 34.9. The van der Waals surface area contributed by atoms with Gasteiger partial charge in [-0.2, -0.15) is 0 Å². The number of rotatable bonds is 38. The van der Waals surface area contributed by atoms with Crippen LogP contribution in [0.5, 0.6) is 0 Å². The van der Waals surface area contributed by atoms with Gasteiger partial charge in [-0.3, -0.25) is 18.6 Å². The maximum atomic E-state index is 12.6. The highest BCUT2D eigenvalue weighted by molar-refractivity contribution is 7.47. The summed E-state index contributed by atoms with van der Waals surface area (Å²) in [5.41, 5.74) is 0. The number of allylic oxidation sites excluding steroid dienone is 6. The van der Waals surface area contributed by atoms with Gasteiger partial charge in [-0.1, -0.05) is 127 Å². The van der Waals surface area contributed by atoms with Crippen molar-refractivity contribution in [1.29, 1.82) is 0 Å². The second-order valence-electron chi connectivity index (χ2n) is 13.7. The number of carbonyl (C=O) groups is 2. The Morgan fingerprint density at radius 3 is 1.54 bits per heavy atom. The molecule has 0 aromatic carbocycles. The highest BCUT2D eigenvalue weighted by Crippen LogP contribution is 2.43. The van der Waals surface area contributed by atoms with E-state index in [1.165, 1.54) is 51.4 Å². The van der Waals surface area contributed by atoms with Crippen molar-refractivity contribution < 1.29 is 47.8 Å². The molecular formula is C41H75O10P. The van der Waals surface area contributed by atoms with Crippen LogP contribution in [0.3, 0.4) is 0 Å². The van der Waals surface area contributed by atoms with Crippen molar-refractivity contribution in [3.05, 3.63) is 36.5 Å². The Morgan fingerprint density at radius 1 is 0.577 bits per heavy atom. The smallest absolute Gasteiger partial charge is 0.462 e. The highest BCUT2D eigenvalue weighted by Gasteiger charge is 2.27. The monoisotopic (exact) mass is 759 g/mol. The van der Waals surface area contributed by atoms with E-state index in [4.69, 9.17) is 19.1 Å². The number of carbonyl (C=O) groups excluding carboxylic acids is 2. The van der Waals surface area contributed by atoms with E-state index in [2.05, 4.69) is 54.8 Å². The van der Waals surface area contributed by atoms with Crippen LogP contribution in [0.4, 0.5) is 0 Å². The third-order valence-electron chi connectivity index (χ3n) is 8.52. The zero-order valence-corrected chi connectivity index (χ0v) is 33.7. The molecule has 52 heavy (non-hydrogen) atoms. The summed E-state index contributed by atoms with van der Waals surface area (Å²) in [6.45, 7) is 2.31. The lowest BCUT2D eigenvalue weighted by Gasteiger charge is -2.20. The van der Waals surface area contributed by atoms with E-state index in [0.717, 1.165) is 83.5 Å². The number of phosphoric acid groups is 1. The lowest BCUT2D eigenvalue weighted by molar-refractivity contribution is -0.161. The van der Waals surface area contributed by atoms with Gasteiger partial charge in [0.25, 0.3) is 0 Å². The zero-order valence-electron chi connectivity index (χ0n) is 32.8. The Bertz CT molecular complexity index is 967. The van der Waals surface area contributed by atoms with E-state index in [1.807, 2.05) is 0 Å². The van der Waals surface area contributed by atoms with Gasteiger partial charge in [-0.25, -0.2) is 4.57 Å². The molecule has 0 aliphatic heterocycles. The maximum absolute atomic E-state index is 12.6. The Balaban J connectivity index is 4.37. The minimum absolute atomic E-state index is 0.166. The Morgan fingerprint density at radius 2 is 1.00 bits per heavy atom. The van der Waals surface area contributed by atoms with Gasteiger partial charge in [0.15, 0.2) is 6.10 Å². The van der Waals surface area contributed by atoms with Crippen LogP contribution in [-0.4, -0.2) is 65.7 Å². The first-order chi connectivity index (χ1) is 25.2. The van der Waals surface area contributed by atoms with E-state index in [0.29, 0.717) is 12.8 Å². The second kappa shape index (κ2) is 37.5. The van der Waals surface area contributed by atoms with Crippen LogP contribution in [0.15, 0.2) is 36.5 Å². The van der Waals surface area contributed by atoms with Crippen LogP contribution in [-0.2, 0) is 32.7 Å². The zero-order chi connectivity index (χ0) is 38.4. The van der Waals surface area contributed by atoms with Crippen molar-refractivity contribution in [2.75, 3.05) is 26.4 Å². The van der Waals surface area contributed by atoms with E-state index in [-0.39, 0.29) is 19.4 Å². The van der Waals surface area contributed by atoms with Crippen LogP contribution >= 0.6 is 7.82 Å². The molecule has 0 aliphatic rings. The van der Waals surface area contributed by atoms with Crippen molar-refractivity contribution in [3.8, 4) is 0 Å². The summed E-state index contributed by atoms with van der Waals surface area (Å²) in [6.07, 6.45) is 36.8. The average molecular weight is 759 g/mol. The van der Waals surface area contributed by atoms with E-state index in [9.17, 15) is 24.2 Å². The molecule has 0 aromatic heterocycles. The molecule has 0 fully saturated rings. The predicted molar refractivity (Wildman–Crippen MR) is 210 cm³/mol. The third-order valence-corrected chi connectivity index (χ3v) is 9.47. The number of unbranched alkanes of at least 4 members (excludes halogenated alkanes) is 18. The van der Waals surface area contributed by atoms with Crippen molar-refractivity contribution in [2.24, 2.45) is 0 Å². The lowest BCUT2D eigenvalue weighted by Crippen LogP contribution is -2.29. The first kappa shape index (κ1) is 50.2. The van der Waals surface area contributed by atoms with Crippen molar-refractivity contribution in [2.45, 2.75) is 187 Å². The fourth-order valence-electron chi connectivity index (χ4n) is 5.31. The molecule has 0 aromatic rings. The van der Waals surface area contributed by atoms with Crippen LogP contribution < -0.4 is 0 Å².